The molecule has 0 spiro atoms. The number of aromatic nitrogens is 4. The smallest absolute Gasteiger partial charge is 0.268 e. The fraction of sp³-hybridized carbons (Fsp3) is 0.0182. The van der Waals surface area contributed by atoms with Gasteiger partial charge in [-0.1, -0.05) is 156 Å². The molecule has 0 amide bonds. The van der Waals surface area contributed by atoms with Gasteiger partial charge >= 0.3 is 0 Å². The zero-order valence-corrected chi connectivity index (χ0v) is 34.6. The van der Waals surface area contributed by atoms with Gasteiger partial charge in [0.15, 0.2) is 0 Å². The zero-order chi connectivity index (χ0) is 48.7. The van der Waals surface area contributed by atoms with Gasteiger partial charge in [0.1, 0.15) is 5.82 Å². The third kappa shape index (κ3) is 6.93. The molecule has 11 rings (SSSR count). The molecule has 0 fully saturated rings. The third-order valence-corrected chi connectivity index (χ3v) is 10.5. The SMILES string of the molecule is [2H]c1c([2H])c([2H])c(-c2cccc(-c3c([2H])c([2H])c([2H])c([2H])c3[2H])c2-[n+]2[c-]n(-c3[c-]c(Oc4[c-]c5c(cc4)c4ccccc4n5-c4cc(-c5ccc(C)cc5)ccn4)ccc3)c3ccccc32)c([2H])c1[2H].[Pt]. The van der Waals surface area contributed by atoms with Crippen LogP contribution >= 0.6 is 0 Å². The molecule has 0 bridgehead atoms. The largest absolute Gasteiger partial charge is 0.510 e. The van der Waals surface area contributed by atoms with Crippen molar-refractivity contribution < 1.29 is 44.1 Å². The molecule has 6 heteroatoms. The average Bonchev–Trinajstić information content (AvgIpc) is 3.93. The van der Waals surface area contributed by atoms with Crippen molar-refractivity contribution >= 4 is 32.8 Å². The Morgan fingerprint density at radius 3 is 2.02 bits per heavy atom. The van der Waals surface area contributed by atoms with Crippen LogP contribution < -0.4 is 9.30 Å². The molecule has 0 saturated heterocycles. The van der Waals surface area contributed by atoms with E-state index in [-0.39, 0.29) is 49.0 Å². The topological polar surface area (TPSA) is 35.9 Å². The van der Waals surface area contributed by atoms with E-state index in [1.165, 1.54) is 5.56 Å². The van der Waals surface area contributed by atoms with Gasteiger partial charge in [0.05, 0.1) is 30.4 Å². The predicted molar refractivity (Wildman–Crippen MR) is 241 cm³/mol. The monoisotopic (exact) mass is 973 g/mol. The molecule has 0 aliphatic carbocycles. The van der Waals surface area contributed by atoms with E-state index in [9.17, 15) is 0 Å². The molecule has 8 aromatic carbocycles. The molecular formula is C55H36N4OPt-2. The van der Waals surface area contributed by atoms with Crippen molar-refractivity contribution in [1.29, 1.82) is 0 Å². The molecule has 3 aromatic heterocycles. The van der Waals surface area contributed by atoms with E-state index in [1.54, 1.807) is 39.5 Å². The van der Waals surface area contributed by atoms with Gasteiger partial charge in [-0.15, -0.1) is 29.7 Å². The Hall–Kier alpha value is -7.33. The van der Waals surface area contributed by atoms with Crippen LogP contribution in [-0.4, -0.2) is 14.1 Å². The summed E-state index contributed by atoms with van der Waals surface area (Å²) in [6.07, 6.45) is 5.21. The number of imidazole rings is 1. The first kappa shape index (κ1) is 28.2. The van der Waals surface area contributed by atoms with Crippen LogP contribution in [0.3, 0.4) is 0 Å². The first-order valence-electron chi connectivity index (χ1n) is 24.2. The third-order valence-electron chi connectivity index (χ3n) is 10.5. The van der Waals surface area contributed by atoms with Gasteiger partial charge in [-0.3, -0.25) is 4.57 Å². The average molecular weight is 974 g/mol. The van der Waals surface area contributed by atoms with Crippen LogP contribution in [0.5, 0.6) is 11.5 Å². The summed E-state index contributed by atoms with van der Waals surface area (Å²) >= 11 is 0. The minimum Gasteiger partial charge on any atom is -0.510 e. The Labute approximate surface area is 382 Å². The maximum absolute atomic E-state index is 9.00. The normalized spacial score (nSPS) is 13.5. The molecular weight excluding hydrogens is 928 g/mol. The van der Waals surface area contributed by atoms with Crippen molar-refractivity contribution in [3.05, 3.63) is 224 Å². The Morgan fingerprint density at radius 2 is 1.26 bits per heavy atom. The maximum atomic E-state index is 9.00. The molecule has 0 saturated carbocycles. The summed E-state index contributed by atoms with van der Waals surface area (Å²) < 4.78 is 98.8. The Kier molecular flexibility index (Phi) is 7.41. The summed E-state index contributed by atoms with van der Waals surface area (Å²) in [5, 5.41) is 2.00. The van der Waals surface area contributed by atoms with Gasteiger partial charge < -0.3 is 13.9 Å². The first-order chi connectivity index (χ1) is 33.8. The Morgan fingerprint density at radius 1 is 0.590 bits per heavy atom. The fourth-order valence-corrected chi connectivity index (χ4v) is 7.74. The molecule has 61 heavy (non-hydrogen) atoms. The van der Waals surface area contributed by atoms with Gasteiger partial charge in [-0.25, -0.2) is 4.98 Å². The summed E-state index contributed by atoms with van der Waals surface area (Å²) in [7, 11) is 0. The number of nitrogens with zero attached hydrogens (tertiary/aromatic N) is 4. The van der Waals surface area contributed by atoms with Crippen LogP contribution in [0.4, 0.5) is 0 Å². The summed E-state index contributed by atoms with van der Waals surface area (Å²) in [6.45, 7) is 2.06. The molecule has 0 atom stereocenters. The molecule has 11 aromatic rings. The second-order valence-electron chi connectivity index (χ2n) is 14.2. The van der Waals surface area contributed by atoms with Gasteiger partial charge in [0.2, 0.25) is 0 Å². The second kappa shape index (κ2) is 16.0. The number of rotatable bonds is 8. The van der Waals surface area contributed by atoms with E-state index in [4.69, 9.17) is 23.4 Å². The molecule has 0 radical (unpaired) electrons. The minimum absolute atomic E-state index is 0. The van der Waals surface area contributed by atoms with Crippen molar-refractivity contribution in [1.82, 2.24) is 14.1 Å². The van der Waals surface area contributed by atoms with E-state index in [2.05, 4.69) is 72.4 Å². The summed E-state index contributed by atoms with van der Waals surface area (Å²) in [6, 6.07) is 43.5. The molecule has 3 heterocycles. The zero-order valence-electron chi connectivity index (χ0n) is 42.3. The maximum Gasteiger partial charge on any atom is 0.268 e. The fourth-order valence-electron chi connectivity index (χ4n) is 7.74. The molecule has 5 nitrogen and oxygen atoms in total. The van der Waals surface area contributed by atoms with Crippen LogP contribution in [0.2, 0.25) is 0 Å². The van der Waals surface area contributed by atoms with Crippen LogP contribution in [0.15, 0.2) is 200 Å². The van der Waals surface area contributed by atoms with E-state index in [0.29, 0.717) is 28.2 Å². The van der Waals surface area contributed by atoms with Crippen molar-refractivity contribution in [2.24, 2.45) is 0 Å². The molecule has 0 N–H and O–H groups in total. The minimum atomic E-state index is -0.573. The predicted octanol–water partition coefficient (Wildman–Crippen LogP) is 12.9. The number of hydrogen-bond acceptors (Lipinski definition) is 2. The number of pyridine rings is 1. The number of para-hydroxylation sites is 4. The van der Waals surface area contributed by atoms with E-state index < -0.39 is 60.4 Å². The second-order valence-corrected chi connectivity index (χ2v) is 14.2. The van der Waals surface area contributed by atoms with Gasteiger partial charge in [0, 0.05) is 44.3 Å². The molecule has 0 aliphatic rings. The van der Waals surface area contributed by atoms with E-state index in [1.807, 2.05) is 66.9 Å². The summed E-state index contributed by atoms with van der Waals surface area (Å²) in [5.41, 5.74) is 6.79. The molecule has 0 unspecified atom stereocenters. The van der Waals surface area contributed by atoms with Crippen LogP contribution in [0, 0.1) is 25.4 Å². The van der Waals surface area contributed by atoms with Gasteiger partial charge in [-0.2, -0.15) is 18.2 Å². The summed E-state index contributed by atoms with van der Waals surface area (Å²) in [4.78, 5) is 4.82. The number of ether oxygens (including phenoxy) is 1. The molecule has 294 valence electrons. The first-order valence-corrected chi connectivity index (χ1v) is 19.2. The van der Waals surface area contributed by atoms with Gasteiger partial charge in [0.25, 0.3) is 6.33 Å². The molecule has 0 aliphatic heterocycles. The van der Waals surface area contributed by atoms with Gasteiger partial charge in [-0.05, 0) is 69.6 Å². The van der Waals surface area contributed by atoms with Crippen molar-refractivity contribution in [2.75, 3.05) is 0 Å². The van der Waals surface area contributed by atoms with Crippen LogP contribution in [-0.2, 0) is 21.1 Å². The summed E-state index contributed by atoms with van der Waals surface area (Å²) in [5.74, 6) is 1.50. The number of benzene rings is 8. The Bertz CT molecular complexity index is 3820. The van der Waals surface area contributed by atoms with Crippen LogP contribution in [0.25, 0.3) is 83.4 Å². The van der Waals surface area contributed by atoms with Crippen molar-refractivity contribution in [3.8, 4) is 62.1 Å². The number of hydrogen-bond donors (Lipinski definition) is 0. The number of aryl methyl sites for hydroxylation is 1. The number of fused-ring (bicyclic) bond motifs is 4. The van der Waals surface area contributed by atoms with Crippen molar-refractivity contribution in [3.63, 3.8) is 0 Å². The standard InChI is InChI=1S/C55H36N4O.Pt/c1-38-26-28-39(29-27-38)42-32-33-56-54(34-42)59-50-23-9-8-20-48(50)49-31-30-45(36-53(49)59)60-44-19-12-18-43(35-44)57-37-58(52-25-11-10-24-51(52)57)55-46(40-14-4-2-5-15-40)21-13-22-47(55)41-16-6-3-7-17-41;/h2-34H,1H3;/q-2;/i2D,3D,4D,5D,6D,7D,14D,15D,16D,17D;. The van der Waals surface area contributed by atoms with Crippen LogP contribution in [0.1, 0.15) is 19.3 Å². The van der Waals surface area contributed by atoms with E-state index >= 15 is 0 Å². The quantitative estimate of drug-likeness (QED) is 0.112. The van der Waals surface area contributed by atoms with E-state index in [0.717, 1.165) is 38.8 Å². The Balaban J connectivity index is 0.00000582. The van der Waals surface area contributed by atoms with Crippen molar-refractivity contribution in [2.45, 2.75) is 6.92 Å².